The molecule has 2 aliphatic rings. The predicted octanol–water partition coefficient (Wildman–Crippen LogP) is 6.18. The first-order valence-electron chi connectivity index (χ1n) is 11.5. The molecule has 2 amide bonds. The molecule has 2 heterocycles. The molecule has 10 heteroatoms. The number of thioether (sulfide) groups is 1. The van der Waals surface area contributed by atoms with Gasteiger partial charge in [0.1, 0.15) is 11.0 Å². The van der Waals surface area contributed by atoms with E-state index in [4.69, 9.17) is 33.0 Å². The zero-order chi connectivity index (χ0) is 25.9. The summed E-state index contributed by atoms with van der Waals surface area (Å²) in [6.45, 7) is 0. The van der Waals surface area contributed by atoms with E-state index in [0.717, 1.165) is 22.6 Å². The molecule has 0 unspecified atom stereocenters. The lowest BCUT2D eigenvalue weighted by Gasteiger charge is -2.23. The number of carbonyl (C=O) groups excluding carboxylic acids is 2. The number of aliphatic imine (C=N–C) groups is 1. The molecule has 188 valence electrons. The number of benzene rings is 3. The second-order valence-electron chi connectivity index (χ2n) is 8.49. The van der Waals surface area contributed by atoms with Gasteiger partial charge in [-0.15, -0.1) is 0 Å². The Morgan fingerprint density at radius 1 is 1.08 bits per heavy atom. The molecular weight excluding hydrogens is 531 g/mol. The van der Waals surface area contributed by atoms with Gasteiger partial charge in [0.15, 0.2) is 5.17 Å². The van der Waals surface area contributed by atoms with Gasteiger partial charge in [0, 0.05) is 28.6 Å². The number of carbonyl (C=O) groups is 2. The van der Waals surface area contributed by atoms with E-state index in [-0.39, 0.29) is 24.3 Å². The fourth-order valence-electron chi connectivity index (χ4n) is 4.14. The quantitative estimate of drug-likeness (QED) is 0.394. The highest BCUT2D eigenvalue weighted by atomic mass is 35.5. The minimum Gasteiger partial charge on any atom is -0.497 e. The number of hydrazone groups is 1. The van der Waals surface area contributed by atoms with E-state index in [1.807, 2.05) is 48.5 Å². The van der Waals surface area contributed by atoms with Gasteiger partial charge in [-0.25, -0.2) is 5.01 Å². The summed E-state index contributed by atoms with van der Waals surface area (Å²) in [7, 11) is 1.62. The first-order valence-corrected chi connectivity index (χ1v) is 13.1. The number of hydrogen-bond donors (Lipinski definition) is 1. The predicted molar refractivity (Wildman–Crippen MR) is 149 cm³/mol. The molecule has 2 atom stereocenters. The number of halogens is 2. The van der Waals surface area contributed by atoms with Crippen LogP contribution in [0, 0.1) is 0 Å². The molecule has 0 fully saturated rings. The van der Waals surface area contributed by atoms with Crippen molar-refractivity contribution in [2.24, 2.45) is 10.1 Å². The van der Waals surface area contributed by atoms with Crippen molar-refractivity contribution >= 4 is 63.3 Å². The summed E-state index contributed by atoms with van der Waals surface area (Å²) in [5.41, 5.74) is 3.38. The van der Waals surface area contributed by atoms with Crippen LogP contribution in [0.4, 0.5) is 5.69 Å². The van der Waals surface area contributed by atoms with E-state index in [2.05, 4.69) is 10.3 Å². The van der Waals surface area contributed by atoms with Crippen LogP contribution >= 0.6 is 35.0 Å². The number of amidine groups is 1. The smallest absolute Gasteiger partial charge is 0.262 e. The van der Waals surface area contributed by atoms with Crippen molar-refractivity contribution in [3.63, 3.8) is 0 Å². The molecule has 0 aromatic heterocycles. The average molecular weight is 553 g/mol. The average Bonchev–Trinajstić information content (AvgIpc) is 3.48. The molecule has 0 saturated heterocycles. The Kier molecular flexibility index (Phi) is 7.50. The van der Waals surface area contributed by atoms with Crippen LogP contribution in [0.2, 0.25) is 10.0 Å². The van der Waals surface area contributed by atoms with E-state index in [0.29, 0.717) is 27.3 Å². The van der Waals surface area contributed by atoms with Crippen LogP contribution in [0.3, 0.4) is 0 Å². The summed E-state index contributed by atoms with van der Waals surface area (Å²) < 4.78 is 5.30. The van der Waals surface area contributed by atoms with E-state index in [9.17, 15) is 9.59 Å². The Morgan fingerprint density at radius 3 is 2.54 bits per heavy atom. The van der Waals surface area contributed by atoms with Gasteiger partial charge in [-0.05, 0) is 53.6 Å². The molecule has 7 nitrogen and oxygen atoms in total. The zero-order valence-corrected chi connectivity index (χ0v) is 22.1. The normalized spacial score (nSPS) is 19.0. The van der Waals surface area contributed by atoms with Crippen molar-refractivity contribution in [3.8, 4) is 5.75 Å². The minimum absolute atomic E-state index is 0.0161. The first-order chi connectivity index (χ1) is 17.9. The molecule has 0 aliphatic carbocycles. The molecule has 5 rings (SSSR count). The molecule has 0 saturated carbocycles. The summed E-state index contributed by atoms with van der Waals surface area (Å²) in [6, 6.07) is 21.9. The van der Waals surface area contributed by atoms with Crippen molar-refractivity contribution in [1.82, 2.24) is 5.01 Å². The molecule has 37 heavy (non-hydrogen) atoms. The van der Waals surface area contributed by atoms with Crippen LogP contribution in [0.5, 0.6) is 5.75 Å². The van der Waals surface area contributed by atoms with Crippen molar-refractivity contribution in [2.45, 2.75) is 24.1 Å². The molecule has 1 N–H and O–H groups in total. The Bertz CT molecular complexity index is 1390. The summed E-state index contributed by atoms with van der Waals surface area (Å²) in [5, 5.41) is 10.4. The highest BCUT2D eigenvalue weighted by Gasteiger charge is 2.39. The SMILES string of the molecule is COc1ccc([C@H]2CC(c3ccc(Cl)cc3)=NN2C2=NC(=O)[C@H](CC(=O)Nc3cccc(Cl)c3)S2)cc1. The second-order valence-corrected chi connectivity index (χ2v) is 10.5. The van der Waals surface area contributed by atoms with Crippen LogP contribution in [0.15, 0.2) is 82.9 Å². The number of hydrogen-bond acceptors (Lipinski definition) is 6. The first kappa shape index (κ1) is 25.3. The van der Waals surface area contributed by atoms with Crippen LogP contribution in [0.25, 0.3) is 0 Å². The summed E-state index contributed by atoms with van der Waals surface area (Å²) >= 11 is 13.3. The number of methoxy groups -OCH3 is 1. The maximum Gasteiger partial charge on any atom is 0.262 e. The van der Waals surface area contributed by atoms with E-state index in [1.165, 1.54) is 11.8 Å². The number of ether oxygens (including phenoxy) is 1. The fraction of sp³-hybridized carbons (Fsp3) is 0.185. The lowest BCUT2D eigenvalue weighted by atomic mass is 9.98. The maximum atomic E-state index is 12.8. The standard InChI is InChI=1S/C27H22Cl2N4O3S/c1-36-21-11-7-17(8-12-21)23-14-22(16-5-9-18(28)10-6-16)32-33(23)27-31-26(35)24(37-27)15-25(34)30-20-4-2-3-19(29)13-20/h2-13,23-24H,14-15H2,1H3,(H,30,34)/t23-,24+/m1/s1. The van der Waals surface area contributed by atoms with Crippen molar-refractivity contribution in [1.29, 1.82) is 0 Å². The summed E-state index contributed by atoms with van der Waals surface area (Å²) in [4.78, 5) is 29.7. The van der Waals surface area contributed by atoms with Gasteiger partial charge in [-0.1, -0.05) is 65.3 Å². The lowest BCUT2D eigenvalue weighted by molar-refractivity contribution is -0.121. The molecule has 3 aromatic carbocycles. The topological polar surface area (TPSA) is 83.4 Å². The third kappa shape index (κ3) is 5.82. The van der Waals surface area contributed by atoms with Gasteiger partial charge < -0.3 is 10.1 Å². The molecule has 0 spiro atoms. The van der Waals surface area contributed by atoms with Gasteiger partial charge in [0.05, 0.1) is 18.9 Å². The summed E-state index contributed by atoms with van der Waals surface area (Å²) in [5.74, 6) is 0.105. The maximum absolute atomic E-state index is 12.8. The van der Waals surface area contributed by atoms with E-state index < -0.39 is 5.25 Å². The molecule has 0 radical (unpaired) electrons. The van der Waals surface area contributed by atoms with Gasteiger partial charge in [0.25, 0.3) is 5.91 Å². The second kappa shape index (κ2) is 11.0. The molecule has 2 aliphatic heterocycles. The molecular formula is C27H22Cl2N4O3S. The van der Waals surface area contributed by atoms with Crippen molar-refractivity contribution in [3.05, 3.63) is 94.0 Å². The Hall–Kier alpha value is -3.33. The van der Waals surface area contributed by atoms with Gasteiger partial charge >= 0.3 is 0 Å². The lowest BCUT2D eigenvalue weighted by Crippen LogP contribution is -2.25. The van der Waals surface area contributed by atoms with Crippen LogP contribution in [-0.2, 0) is 9.59 Å². The number of rotatable bonds is 6. The monoisotopic (exact) mass is 552 g/mol. The molecule has 0 bridgehead atoms. The van der Waals surface area contributed by atoms with Crippen LogP contribution < -0.4 is 10.1 Å². The third-order valence-corrected chi connectivity index (χ3v) is 7.62. The molecule has 3 aromatic rings. The number of nitrogens with one attached hydrogen (secondary N) is 1. The van der Waals surface area contributed by atoms with Crippen LogP contribution in [-0.4, -0.2) is 40.1 Å². The van der Waals surface area contributed by atoms with Gasteiger partial charge in [0.2, 0.25) is 5.91 Å². The van der Waals surface area contributed by atoms with Gasteiger partial charge in [-0.3, -0.25) is 9.59 Å². The number of anilines is 1. The number of amides is 2. The Balaban J connectivity index is 1.35. The minimum atomic E-state index is -0.638. The van der Waals surface area contributed by atoms with Crippen LogP contribution in [0.1, 0.15) is 30.0 Å². The van der Waals surface area contributed by atoms with Gasteiger partial charge in [-0.2, -0.15) is 10.1 Å². The summed E-state index contributed by atoms with van der Waals surface area (Å²) in [6.07, 6.45) is 0.597. The fourth-order valence-corrected chi connectivity index (χ4v) is 5.52. The third-order valence-electron chi connectivity index (χ3n) is 5.99. The highest BCUT2D eigenvalue weighted by Crippen LogP contribution is 2.39. The van der Waals surface area contributed by atoms with Crippen molar-refractivity contribution in [2.75, 3.05) is 12.4 Å². The zero-order valence-electron chi connectivity index (χ0n) is 19.7. The van der Waals surface area contributed by atoms with Crippen molar-refractivity contribution < 1.29 is 14.3 Å². The Morgan fingerprint density at radius 2 is 1.84 bits per heavy atom. The van der Waals surface area contributed by atoms with E-state index in [1.54, 1.807) is 36.4 Å². The van der Waals surface area contributed by atoms with E-state index >= 15 is 0 Å². The largest absolute Gasteiger partial charge is 0.497 e. The number of nitrogens with zero attached hydrogens (tertiary/aromatic N) is 3. The Labute approximate surface area is 228 Å². The highest BCUT2D eigenvalue weighted by molar-refractivity contribution is 8.15.